The summed E-state index contributed by atoms with van der Waals surface area (Å²) in [5.74, 6) is -0.886. The molecule has 0 saturated heterocycles. The molecule has 3 heterocycles. The fourth-order valence-corrected chi connectivity index (χ4v) is 5.92. The standard InChI is InChI=1S/C26H20ClN3O4S/c1-4-13-29-18-12-8-6-10-16(18)20(23(29)31)22-24(32)30-21(15-9-5-7-11-17(15)27)19(25(33)34-3)14(2)28-26(30)35-22/h4-12,21H,1,13H2,2-3H3/t21-/m1/s1. The van der Waals surface area contributed by atoms with E-state index in [1.807, 2.05) is 24.3 Å². The molecule has 35 heavy (non-hydrogen) atoms. The lowest BCUT2D eigenvalue weighted by Crippen LogP contribution is -2.41. The summed E-state index contributed by atoms with van der Waals surface area (Å²) in [5, 5.41) is 0.395. The minimum absolute atomic E-state index is 0.219. The number of hydrogen-bond donors (Lipinski definition) is 0. The minimum Gasteiger partial charge on any atom is -0.466 e. The minimum atomic E-state index is -0.849. The van der Waals surface area contributed by atoms with Gasteiger partial charge in [-0.1, -0.05) is 65.4 Å². The van der Waals surface area contributed by atoms with E-state index in [-0.39, 0.29) is 16.0 Å². The van der Waals surface area contributed by atoms with Crippen LogP contribution in [0.25, 0.3) is 5.57 Å². The van der Waals surface area contributed by atoms with E-state index in [2.05, 4.69) is 11.6 Å². The van der Waals surface area contributed by atoms with E-state index in [9.17, 15) is 14.4 Å². The Hall–Kier alpha value is -3.75. The number of aromatic nitrogens is 1. The first-order valence-corrected chi connectivity index (χ1v) is 12.0. The largest absolute Gasteiger partial charge is 0.466 e. The van der Waals surface area contributed by atoms with Crippen molar-refractivity contribution in [1.82, 2.24) is 4.57 Å². The van der Waals surface area contributed by atoms with Gasteiger partial charge >= 0.3 is 5.97 Å². The Kier molecular flexibility index (Phi) is 5.78. The lowest BCUT2D eigenvalue weighted by Gasteiger charge is -2.25. The quantitative estimate of drug-likeness (QED) is 0.403. The Morgan fingerprint density at radius 2 is 1.91 bits per heavy atom. The summed E-state index contributed by atoms with van der Waals surface area (Å²) in [6.45, 7) is 5.75. The van der Waals surface area contributed by atoms with E-state index in [1.165, 1.54) is 11.7 Å². The highest BCUT2D eigenvalue weighted by Crippen LogP contribution is 2.36. The van der Waals surface area contributed by atoms with Crippen LogP contribution in [0.1, 0.15) is 24.1 Å². The van der Waals surface area contributed by atoms with Crippen LogP contribution in [-0.4, -0.2) is 30.1 Å². The number of carbonyl (C=O) groups excluding carboxylic acids is 2. The van der Waals surface area contributed by atoms with Gasteiger partial charge in [0.1, 0.15) is 10.6 Å². The lowest BCUT2D eigenvalue weighted by molar-refractivity contribution is -0.136. The maximum atomic E-state index is 14.0. The number of allylic oxidation sites excluding steroid dienone is 1. The highest BCUT2D eigenvalue weighted by atomic mass is 35.5. The second-order valence-corrected chi connectivity index (χ2v) is 9.40. The van der Waals surface area contributed by atoms with Gasteiger partial charge in [0.25, 0.3) is 11.5 Å². The van der Waals surface area contributed by atoms with Gasteiger partial charge in [-0.2, -0.15) is 0 Å². The van der Waals surface area contributed by atoms with Crippen LogP contribution in [0.5, 0.6) is 0 Å². The molecule has 2 aliphatic heterocycles. The van der Waals surface area contributed by atoms with Gasteiger partial charge in [0.15, 0.2) is 4.80 Å². The topological polar surface area (TPSA) is 81.0 Å². The van der Waals surface area contributed by atoms with Crippen molar-refractivity contribution in [3.8, 4) is 0 Å². The smallest absolute Gasteiger partial charge is 0.338 e. The number of benzene rings is 2. The average molecular weight is 506 g/mol. The highest BCUT2D eigenvalue weighted by molar-refractivity contribution is 7.07. The summed E-state index contributed by atoms with van der Waals surface area (Å²) >= 11 is 7.64. The molecule has 0 spiro atoms. The Balaban J connectivity index is 1.86. The van der Waals surface area contributed by atoms with Crippen LogP contribution >= 0.6 is 22.9 Å². The summed E-state index contributed by atoms with van der Waals surface area (Å²) in [6, 6.07) is 13.5. The van der Waals surface area contributed by atoms with E-state index >= 15 is 0 Å². The number of ether oxygens (including phenoxy) is 1. The third-order valence-electron chi connectivity index (χ3n) is 6.06. The van der Waals surface area contributed by atoms with E-state index in [0.717, 1.165) is 11.3 Å². The van der Waals surface area contributed by atoms with Crippen LogP contribution in [0.15, 0.2) is 82.2 Å². The molecule has 176 valence electrons. The molecule has 0 saturated carbocycles. The van der Waals surface area contributed by atoms with Gasteiger partial charge in [0, 0.05) is 17.1 Å². The van der Waals surface area contributed by atoms with Gasteiger partial charge in [-0.15, -0.1) is 6.58 Å². The monoisotopic (exact) mass is 505 g/mol. The molecule has 3 aromatic rings. The van der Waals surface area contributed by atoms with Gasteiger partial charge < -0.3 is 9.64 Å². The third-order valence-corrected chi connectivity index (χ3v) is 7.46. The Morgan fingerprint density at radius 1 is 1.20 bits per heavy atom. The molecule has 7 nitrogen and oxygen atoms in total. The van der Waals surface area contributed by atoms with Gasteiger partial charge in [-0.05, 0) is 24.6 Å². The number of para-hydroxylation sites is 1. The Bertz CT molecular complexity index is 1630. The molecule has 5 rings (SSSR count). The molecule has 9 heteroatoms. The molecule has 2 aromatic carbocycles. The van der Waals surface area contributed by atoms with E-state index in [4.69, 9.17) is 16.3 Å². The molecule has 2 aliphatic rings. The van der Waals surface area contributed by atoms with Crippen LogP contribution in [0.4, 0.5) is 5.69 Å². The van der Waals surface area contributed by atoms with Crippen LogP contribution in [-0.2, 0) is 14.3 Å². The number of esters is 1. The van der Waals surface area contributed by atoms with Crippen LogP contribution < -0.4 is 19.8 Å². The fraction of sp³-hybridized carbons (Fsp3) is 0.154. The van der Waals surface area contributed by atoms with Crippen molar-refractivity contribution < 1.29 is 14.3 Å². The summed E-state index contributed by atoms with van der Waals surface area (Å²) < 4.78 is 6.71. The molecule has 1 aromatic heterocycles. The van der Waals surface area contributed by atoms with Gasteiger partial charge in [-0.3, -0.25) is 14.2 Å². The number of methoxy groups -OCH3 is 1. The second-order valence-electron chi connectivity index (χ2n) is 8.01. The number of carbonyl (C=O) groups is 2. The van der Waals surface area contributed by atoms with Crippen molar-refractivity contribution in [3.05, 3.63) is 108 Å². The summed E-state index contributed by atoms with van der Waals surface area (Å²) in [7, 11) is 1.28. The van der Waals surface area contributed by atoms with Gasteiger partial charge in [-0.25, -0.2) is 9.79 Å². The molecule has 0 aliphatic carbocycles. The molecular weight excluding hydrogens is 486 g/mol. The predicted molar refractivity (Wildman–Crippen MR) is 135 cm³/mol. The van der Waals surface area contributed by atoms with Crippen molar-refractivity contribution in [3.63, 3.8) is 0 Å². The number of rotatable bonds is 4. The van der Waals surface area contributed by atoms with Crippen molar-refractivity contribution in [2.75, 3.05) is 18.6 Å². The second kappa shape index (κ2) is 8.79. The molecule has 0 unspecified atom stereocenters. The highest BCUT2D eigenvalue weighted by Gasteiger charge is 2.37. The number of hydrogen-bond acceptors (Lipinski definition) is 6. The van der Waals surface area contributed by atoms with Crippen molar-refractivity contribution in [2.45, 2.75) is 13.0 Å². The number of thiazole rings is 1. The molecule has 0 bridgehead atoms. The number of fused-ring (bicyclic) bond motifs is 2. The molecule has 1 amide bonds. The number of anilines is 1. The first-order chi connectivity index (χ1) is 16.9. The normalized spacial score (nSPS) is 18.2. The number of halogens is 1. The zero-order valence-corrected chi connectivity index (χ0v) is 20.5. The van der Waals surface area contributed by atoms with Crippen molar-refractivity contribution >= 4 is 46.1 Å². The predicted octanol–water partition coefficient (Wildman–Crippen LogP) is 2.96. The Labute approximate surface area is 209 Å². The summed E-state index contributed by atoms with van der Waals surface area (Å²) in [5.41, 5.74) is 2.47. The summed E-state index contributed by atoms with van der Waals surface area (Å²) in [6.07, 6.45) is 1.64. The molecule has 0 radical (unpaired) electrons. The van der Waals surface area contributed by atoms with Gasteiger partial charge in [0.2, 0.25) is 0 Å². The fourth-order valence-electron chi connectivity index (χ4n) is 4.54. The van der Waals surface area contributed by atoms with E-state index in [1.54, 1.807) is 42.2 Å². The van der Waals surface area contributed by atoms with Gasteiger partial charge in [0.05, 0.1) is 29.6 Å². The maximum absolute atomic E-state index is 14.0. The Morgan fingerprint density at radius 3 is 2.63 bits per heavy atom. The molecule has 0 N–H and O–H groups in total. The van der Waals surface area contributed by atoms with E-state index < -0.39 is 17.6 Å². The first-order valence-electron chi connectivity index (χ1n) is 10.8. The van der Waals surface area contributed by atoms with Crippen molar-refractivity contribution in [2.24, 2.45) is 4.99 Å². The van der Waals surface area contributed by atoms with Crippen LogP contribution in [0.2, 0.25) is 5.02 Å². The molecule has 0 fully saturated rings. The molecular formula is C26H20ClN3O4S. The van der Waals surface area contributed by atoms with Crippen molar-refractivity contribution in [1.29, 1.82) is 0 Å². The van der Waals surface area contributed by atoms with Crippen LogP contribution in [0, 0.1) is 0 Å². The average Bonchev–Trinajstić information content (AvgIpc) is 3.31. The number of nitrogens with zero attached hydrogens (tertiary/aromatic N) is 3. The van der Waals surface area contributed by atoms with E-state index in [0.29, 0.717) is 44.5 Å². The lowest BCUT2D eigenvalue weighted by atomic mass is 9.96. The summed E-state index contributed by atoms with van der Waals surface area (Å²) in [4.78, 5) is 46.8. The zero-order valence-electron chi connectivity index (χ0n) is 18.9. The SMILES string of the molecule is C=CCN1C(=O)C(=c2sc3n(c2=O)[C@H](c2ccccc2Cl)C(C(=O)OC)=C(C)N=3)c2ccccc21. The third kappa shape index (κ3) is 3.48. The molecule has 1 atom stereocenters. The zero-order chi connectivity index (χ0) is 24.9. The van der Waals surface area contributed by atoms with Crippen LogP contribution in [0.3, 0.4) is 0 Å². The maximum Gasteiger partial charge on any atom is 0.338 e. The first kappa shape index (κ1) is 23.0. The number of amides is 1.